The number of rotatable bonds is 4. The van der Waals surface area contributed by atoms with E-state index in [1.807, 2.05) is 0 Å². The molecule has 0 aromatic heterocycles. The second kappa shape index (κ2) is 8.91. The summed E-state index contributed by atoms with van der Waals surface area (Å²) in [6, 6.07) is 3.79. The third-order valence-electron chi connectivity index (χ3n) is 5.73. The molecule has 27 heavy (non-hydrogen) atoms. The van der Waals surface area contributed by atoms with Crippen LogP contribution in [0.25, 0.3) is 0 Å². The molecule has 1 aromatic rings. The van der Waals surface area contributed by atoms with Gasteiger partial charge in [-0.25, -0.2) is 9.18 Å². The van der Waals surface area contributed by atoms with Gasteiger partial charge in [0.2, 0.25) is 5.91 Å². The van der Waals surface area contributed by atoms with Crippen molar-refractivity contribution in [1.29, 1.82) is 0 Å². The summed E-state index contributed by atoms with van der Waals surface area (Å²) >= 11 is 6.31. The summed E-state index contributed by atoms with van der Waals surface area (Å²) < 4.78 is 13.8. The normalized spacial score (nSPS) is 19.7. The number of nitrogens with zero attached hydrogens (tertiary/aromatic N) is 1. The Bertz CT molecular complexity index is 686. The number of amides is 3. The fraction of sp³-hybridized carbons (Fsp3) is 0.600. The van der Waals surface area contributed by atoms with Gasteiger partial charge in [-0.2, -0.15) is 0 Å². The van der Waals surface area contributed by atoms with Crippen molar-refractivity contribution in [1.82, 2.24) is 15.5 Å². The van der Waals surface area contributed by atoms with Crippen molar-refractivity contribution in [2.24, 2.45) is 5.92 Å². The van der Waals surface area contributed by atoms with E-state index in [-0.39, 0.29) is 35.8 Å². The Hall–Kier alpha value is -1.82. The largest absolute Gasteiger partial charge is 0.343 e. The highest BCUT2D eigenvalue weighted by molar-refractivity contribution is 6.31. The molecule has 1 saturated heterocycles. The molecule has 0 bridgehead atoms. The van der Waals surface area contributed by atoms with E-state index in [0.717, 1.165) is 38.5 Å². The second-order valence-electron chi connectivity index (χ2n) is 7.59. The molecule has 1 aromatic carbocycles. The number of piperidine rings is 1. The highest BCUT2D eigenvalue weighted by atomic mass is 35.5. The van der Waals surface area contributed by atoms with Crippen molar-refractivity contribution in [2.45, 2.75) is 57.5 Å². The molecule has 0 spiro atoms. The standard InChI is InChI=1S/C20H27ClFN3O2/c1-13(26)25-10-8-16(9-11-25)23-20(27)24-19(14-4-2-3-5-14)17-12-15(22)6-7-18(17)21/h6-7,12,14,16,19H,2-5,8-11H2,1H3,(H2,23,24,27). The Balaban J connectivity index is 1.65. The van der Waals surface area contributed by atoms with Crippen LogP contribution in [-0.4, -0.2) is 36.0 Å². The molecule has 0 radical (unpaired) electrons. The van der Waals surface area contributed by atoms with E-state index in [1.54, 1.807) is 17.9 Å². The number of nitrogens with one attached hydrogen (secondary N) is 2. The lowest BCUT2D eigenvalue weighted by atomic mass is 9.91. The molecule has 1 unspecified atom stereocenters. The van der Waals surface area contributed by atoms with E-state index in [0.29, 0.717) is 23.7 Å². The van der Waals surface area contributed by atoms with Crippen molar-refractivity contribution in [2.75, 3.05) is 13.1 Å². The number of benzene rings is 1. The van der Waals surface area contributed by atoms with Gasteiger partial charge in [0.05, 0.1) is 6.04 Å². The van der Waals surface area contributed by atoms with Crippen LogP contribution in [0.3, 0.4) is 0 Å². The molecule has 3 rings (SSSR count). The lowest BCUT2D eigenvalue weighted by molar-refractivity contribution is -0.129. The van der Waals surface area contributed by atoms with Crippen LogP contribution in [0.15, 0.2) is 18.2 Å². The van der Waals surface area contributed by atoms with E-state index >= 15 is 0 Å². The quantitative estimate of drug-likeness (QED) is 0.808. The SMILES string of the molecule is CC(=O)N1CCC(NC(=O)NC(c2cc(F)ccc2Cl)C2CCCC2)CC1. The van der Waals surface area contributed by atoms with Crippen molar-refractivity contribution in [3.63, 3.8) is 0 Å². The van der Waals surface area contributed by atoms with Gasteiger partial charge >= 0.3 is 6.03 Å². The first kappa shape index (κ1) is 19.9. The molecule has 2 aliphatic rings. The summed E-state index contributed by atoms with van der Waals surface area (Å²) in [6.07, 6.45) is 5.69. The molecule has 2 N–H and O–H groups in total. The van der Waals surface area contributed by atoms with Gasteiger partial charge in [-0.3, -0.25) is 4.79 Å². The minimum absolute atomic E-state index is 0.0350. The van der Waals surface area contributed by atoms with Gasteiger partial charge in [0.25, 0.3) is 0 Å². The first-order valence-electron chi connectivity index (χ1n) is 9.71. The maximum Gasteiger partial charge on any atom is 0.315 e. The van der Waals surface area contributed by atoms with Crippen LogP contribution in [0.1, 0.15) is 57.1 Å². The van der Waals surface area contributed by atoms with Gasteiger partial charge in [-0.15, -0.1) is 0 Å². The highest BCUT2D eigenvalue weighted by Gasteiger charge is 2.30. The number of hydrogen-bond acceptors (Lipinski definition) is 2. The molecule has 1 aliphatic carbocycles. The van der Waals surface area contributed by atoms with E-state index in [4.69, 9.17) is 11.6 Å². The zero-order valence-electron chi connectivity index (χ0n) is 15.6. The zero-order chi connectivity index (χ0) is 19.4. The van der Waals surface area contributed by atoms with Gasteiger partial charge in [0.15, 0.2) is 0 Å². The number of hydrogen-bond donors (Lipinski definition) is 2. The predicted molar refractivity (Wildman–Crippen MR) is 103 cm³/mol. The molecule has 1 saturated carbocycles. The molecule has 1 aliphatic heterocycles. The van der Waals surface area contributed by atoms with E-state index in [9.17, 15) is 14.0 Å². The van der Waals surface area contributed by atoms with Crippen LogP contribution in [0, 0.1) is 11.7 Å². The molecular weight excluding hydrogens is 369 g/mol. The summed E-state index contributed by atoms with van der Waals surface area (Å²) in [5.41, 5.74) is 0.644. The molecule has 2 fully saturated rings. The van der Waals surface area contributed by atoms with Crippen molar-refractivity contribution in [3.05, 3.63) is 34.6 Å². The van der Waals surface area contributed by atoms with Gasteiger partial charge in [0, 0.05) is 31.1 Å². The predicted octanol–water partition coefficient (Wildman–Crippen LogP) is 4.02. The summed E-state index contributed by atoms with van der Waals surface area (Å²) in [7, 11) is 0. The summed E-state index contributed by atoms with van der Waals surface area (Å²) in [5.74, 6) is -0.0224. The Labute approximate surface area is 164 Å². The van der Waals surface area contributed by atoms with E-state index in [1.165, 1.54) is 12.1 Å². The van der Waals surface area contributed by atoms with Gasteiger partial charge < -0.3 is 15.5 Å². The first-order chi connectivity index (χ1) is 12.9. The maximum absolute atomic E-state index is 13.8. The molecular formula is C20H27ClFN3O2. The molecule has 148 valence electrons. The average molecular weight is 396 g/mol. The lowest BCUT2D eigenvalue weighted by Gasteiger charge is -2.33. The van der Waals surface area contributed by atoms with Crippen molar-refractivity contribution in [3.8, 4) is 0 Å². The van der Waals surface area contributed by atoms with Gasteiger partial charge in [-0.1, -0.05) is 24.4 Å². The topological polar surface area (TPSA) is 61.4 Å². The monoisotopic (exact) mass is 395 g/mol. The number of likely N-dealkylation sites (tertiary alicyclic amines) is 1. The number of urea groups is 1. The molecule has 5 nitrogen and oxygen atoms in total. The van der Waals surface area contributed by atoms with Crippen molar-refractivity contribution >= 4 is 23.5 Å². The number of halogens is 2. The fourth-order valence-electron chi connectivity index (χ4n) is 4.20. The Morgan fingerprint density at radius 2 is 1.85 bits per heavy atom. The average Bonchev–Trinajstić information content (AvgIpc) is 3.17. The minimum atomic E-state index is -0.351. The molecule has 7 heteroatoms. The Morgan fingerprint density at radius 3 is 2.48 bits per heavy atom. The zero-order valence-corrected chi connectivity index (χ0v) is 16.4. The van der Waals surface area contributed by atoms with Crippen LogP contribution < -0.4 is 10.6 Å². The van der Waals surface area contributed by atoms with Gasteiger partial charge in [0.1, 0.15) is 5.82 Å². The second-order valence-corrected chi connectivity index (χ2v) is 7.99. The summed E-state index contributed by atoms with van der Waals surface area (Å²) in [6.45, 7) is 2.87. The third kappa shape index (κ3) is 5.12. The fourth-order valence-corrected chi connectivity index (χ4v) is 4.44. The summed E-state index contributed by atoms with van der Waals surface area (Å²) in [5, 5.41) is 6.53. The minimum Gasteiger partial charge on any atom is -0.343 e. The Kier molecular flexibility index (Phi) is 6.58. The van der Waals surface area contributed by atoms with Crippen LogP contribution >= 0.6 is 11.6 Å². The van der Waals surface area contributed by atoms with Crippen molar-refractivity contribution < 1.29 is 14.0 Å². The molecule has 1 heterocycles. The maximum atomic E-state index is 13.8. The smallest absolute Gasteiger partial charge is 0.315 e. The number of carbonyl (C=O) groups excluding carboxylic acids is 2. The molecule has 3 amide bonds. The van der Waals surface area contributed by atoms with E-state index in [2.05, 4.69) is 10.6 Å². The van der Waals surface area contributed by atoms with Crippen LogP contribution in [0.4, 0.5) is 9.18 Å². The number of carbonyl (C=O) groups is 2. The van der Waals surface area contributed by atoms with Crippen LogP contribution in [-0.2, 0) is 4.79 Å². The lowest BCUT2D eigenvalue weighted by Crippen LogP contribution is -2.49. The van der Waals surface area contributed by atoms with Gasteiger partial charge in [-0.05, 0) is 55.4 Å². The third-order valence-corrected chi connectivity index (χ3v) is 6.07. The Morgan fingerprint density at radius 1 is 1.19 bits per heavy atom. The van der Waals surface area contributed by atoms with E-state index < -0.39 is 0 Å². The summed E-state index contributed by atoms with van der Waals surface area (Å²) in [4.78, 5) is 25.8. The molecule has 1 atom stereocenters. The highest BCUT2D eigenvalue weighted by Crippen LogP contribution is 2.38. The van der Waals surface area contributed by atoms with Crippen LogP contribution in [0.5, 0.6) is 0 Å². The first-order valence-corrected chi connectivity index (χ1v) is 10.1. The van der Waals surface area contributed by atoms with Crippen LogP contribution in [0.2, 0.25) is 5.02 Å².